The molecule has 1 aromatic rings. The van der Waals surface area contributed by atoms with Crippen molar-refractivity contribution in [2.24, 2.45) is 0 Å². The van der Waals surface area contributed by atoms with Crippen LogP contribution in [0.2, 0.25) is 0 Å². The van der Waals surface area contributed by atoms with Gasteiger partial charge in [0.1, 0.15) is 5.75 Å². The van der Waals surface area contributed by atoms with Crippen LogP contribution in [0.15, 0.2) is 22.7 Å². The first kappa shape index (κ1) is 10.3. The van der Waals surface area contributed by atoms with Crippen molar-refractivity contribution in [3.8, 4) is 5.75 Å². The second kappa shape index (κ2) is 4.55. The highest BCUT2D eigenvalue weighted by Gasteiger charge is 2.17. The average molecular weight is 274 g/mol. The van der Waals surface area contributed by atoms with E-state index in [1.165, 1.54) is 11.3 Å². The van der Waals surface area contributed by atoms with Gasteiger partial charge in [-0.25, -0.2) is 0 Å². The number of halogens is 1. The SMILES string of the molecule is COc1ccc([C@@H]2NCCS2)cc1Br. The Bertz CT molecular complexity index is 326. The third-order valence-corrected chi connectivity index (χ3v) is 4.03. The summed E-state index contributed by atoms with van der Waals surface area (Å²) in [6, 6.07) is 6.23. The molecule has 0 aliphatic carbocycles. The van der Waals surface area contributed by atoms with Crippen molar-refractivity contribution in [1.29, 1.82) is 0 Å². The van der Waals surface area contributed by atoms with Gasteiger partial charge in [-0.1, -0.05) is 6.07 Å². The van der Waals surface area contributed by atoms with E-state index in [-0.39, 0.29) is 0 Å². The molecule has 0 radical (unpaired) electrons. The van der Waals surface area contributed by atoms with Gasteiger partial charge >= 0.3 is 0 Å². The van der Waals surface area contributed by atoms with Crippen LogP contribution in [0, 0.1) is 0 Å². The quantitative estimate of drug-likeness (QED) is 0.896. The Hall–Kier alpha value is -0.190. The van der Waals surface area contributed by atoms with Crippen LogP contribution < -0.4 is 10.1 Å². The Kier molecular flexibility index (Phi) is 3.36. The average Bonchev–Trinajstić information content (AvgIpc) is 2.70. The van der Waals surface area contributed by atoms with E-state index in [9.17, 15) is 0 Å². The molecule has 1 aliphatic rings. The predicted molar refractivity (Wildman–Crippen MR) is 63.9 cm³/mol. The van der Waals surface area contributed by atoms with Gasteiger partial charge in [-0.15, -0.1) is 11.8 Å². The molecule has 0 amide bonds. The highest BCUT2D eigenvalue weighted by atomic mass is 79.9. The van der Waals surface area contributed by atoms with Crippen LogP contribution >= 0.6 is 27.7 Å². The highest BCUT2D eigenvalue weighted by Crippen LogP contribution is 2.34. The molecule has 1 atom stereocenters. The van der Waals surface area contributed by atoms with Crippen LogP contribution in [0.5, 0.6) is 5.75 Å². The molecule has 14 heavy (non-hydrogen) atoms. The summed E-state index contributed by atoms with van der Waals surface area (Å²) in [6.07, 6.45) is 0. The molecule has 2 rings (SSSR count). The molecule has 0 unspecified atom stereocenters. The number of hydrogen-bond donors (Lipinski definition) is 1. The zero-order valence-corrected chi connectivity index (χ0v) is 10.3. The second-order valence-electron chi connectivity index (χ2n) is 3.10. The molecule has 0 bridgehead atoms. The third kappa shape index (κ3) is 2.07. The lowest BCUT2D eigenvalue weighted by atomic mass is 10.2. The summed E-state index contributed by atoms with van der Waals surface area (Å²) in [5.74, 6) is 2.07. The van der Waals surface area contributed by atoms with Gasteiger partial charge in [-0.05, 0) is 33.6 Å². The van der Waals surface area contributed by atoms with Gasteiger partial charge in [-0.2, -0.15) is 0 Å². The predicted octanol–water partition coefficient (Wildman–Crippen LogP) is 2.79. The van der Waals surface area contributed by atoms with Crippen molar-refractivity contribution in [2.45, 2.75) is 5.37 Å². The van der Waals surface area contributed by atoms with Gasteiger partial charge in [0.15, 0.2) is 0 Å². The Labute approximate surface area is 96.5 Å². The molecule has 1 aromatic carbocycles. The molecular weight excluding hydrogens is 262 g/mol. The zero-order chi connectivity index (χ0) is 9.97. The normalized spacial score (nSPS) is 21.1. The smallest absolute Gasteiger partial charge is 0.133 e. The van der Waals surface area contributed by atoms with Gasteiger partial charge in [0.2, 0.25) is 0 Å². The van der Waals surface area contributed by atoms with Gasteiger partial charge in [0.05, 0.1) is 17.0 Å². The van der Waals surface area contributed by atoms with E-state index in [0.717, 1.165) is 16.8 Å². The number of methoxy groups -OCH3 is 1. The van der Waals surface area contributed by atoms with E-state index >= 15 is 0 Å². The first-order chi connectivity index (χ1) is 6.81. The second-order valence-corrected chi connectivity index (χ2v) is 5.17. The minimum Gasteiger partial charge on any atom is -0.496 e. The summed E-state index contributed by atoms with van der Waals surface area (Å²) in [7, 11) is 1.68. The number of hydrogen-bond acceptors (Lipinski definition) is 3. The first-order valence-electron chi connectivity index (χ1n) is 4.49. The van der Waals surface area contributed by atoms with Crippen molar-refractivity contribution in [3.05, 3.63) is 28.2 Å². The van der Waals surface area contributed by atoms with E-state index in [2.05, 4.69) is 33.4 Å². The van der Waals surface area contributed by atoms with Crippen LogP contribution in [0.3, 0.4) is 0 Å². The van der Waals surface area contributed by atoms with Crippen LogP contribution in [-0.4, -0.2) is 19.4 Å². The van der Waals surface area contributed by atoms with E-state index in [1.807, 2.05) is 17.8 Å². The fraction of sp³-hybridized carbons (Fsp3) is 0.400. The van der Waals surface area contributed by atoms with Crippen LogP contribution in [0.4, 0.5) is 0 Å². The fourth-order valence-corrected chi connectivity index (χ4v) is 3.09. The maximum atomic E-state index is 5.19. The lowest BCUT2D eigenvalue weighted by molar-refractivity contribution is 0.412. The molecule has 1 aliphatic heterocycles. The molecule has 1 heterocycles. The number of rotatable bonds is 2. The minimum atomic E-state index is 0.442. The summed E-state index contributed by atoms with van der Waals surface area (Å²) < 4.78 is 6.21. The molecule has 1 N–H and O–H groups in total. The molecule has 0 saturated carbocycles. The molecule has 4 heteroatoms. The maximum Gasteiger partial charge on any atom is 0.133 e. The fourth-order valence-electron chi connectivity index (χ4n) is 1.49. The molecule has 1 saturated heterocycles. The summed E-state index contributed by atoms with van der Waals surface area (Å²) in [6.45, 7) is 1.10. The van der Waals surface area contributed by atoms with Crippen molar-refractivity contribution in [1.82, 2.24) is 5.32 Å². The van der Waals surface area contributed by atoms with Gasteiger partial charge in [0.25, 0.3) is 0 Å². The summed E-state index contributed by atoms with van der Waals surface area (Å²) in [5, 5.41) is 3.88. The van der Waals surface area contributed by atoms with E-state index in [1.54, 1.807) is 7.11 Å². The Morgan fingerprint density at radius 2 is 2.43 bits per heavy atom. The van der Waals surface area contributed by atoms with E-state index in [4.69, 9.17) is 4.74 Å². The summed E-state index contributed by atoms with van der Waals surface area (Å²) >= 11 is 5.44. The van der Waals surface area contributed by atoms with Crippen molar-refractivity contribution in [2.75, 3.05) is 19.4 Å². The Balaban J connectivity index is 2.23. The summed E-state index contributed by atoms with van der Waals surface area (Å²) in [5.41, 5.74) is 1.31. The van der Waals surface area contributed by atoms with Crippen LogP contribution in [-0.2, 0) is 0 Å². The topological polar surface area (TPSA) is 21.3 Å². The van der Waals surface area contributed by atoms with Crippen LogP contribution in [0.1, 0.15) is 10.9 Å². The third-order valence-electron chi connectivity index (χ3n) is 2.19. The highest BCUT2D eigenvalue weighted by molar-refractivity contribution is 9.10. The Morgan fingerprint density at radius 3 is 3.00 bits per heavy atom. The van der Waals surface area contributed by atoms with E-state index < -0.39 is 0 Å². The molecular formula is C10H12BrNOS. The van der Waals surface area contributed by atoms with Gasteiger partial charge in [0, 0.05) is 12.3 Å². The molecule has 0 aromatic heterocycles. The molecule has 1 fully saturated rings. The molecule has 2 nitrogen and oxygen atoms in total. The molecule has 0 spiro atoms. The Morgan fingerprint density at radius 1 is 1.57 bits per heavy atom. The standard InChI is InChI=1S/C10H12BrNOS/c1-13-9-3-2-7(6-8(9)11)10-12-4-5-14-10/h2-3,6,10,12H,4-5H2,1H3/t10-/m1/s1. The lowest BCUT2D eigenvalue weighted by Crippen LogP contribution is -2.11. The van der Waals surface area contributed by atoms with Crippen LogP contribution in [0.25, 0.3) is 0 Å². The summed E-state index contributed by atoms with van der Waals surface area (Å²) in [4.78, 5) is 0. The number of ether oxygens (including phenoxy) is 1. The number of thioether (sulfide) groups is 1. The molecule has 76 valence electrons. The van der Waals surface area contributed by atoms with Crippen molar-refractivity contribution < 1.29 is 4.74 Å². The van der Waals surface area contributed by atoms with Gasteiger partial charge in [-0.3, -0.25) is 0 Å². The lowest BCUT2D eigenvalue weighted by Gasteiger charge is -2.11. The van der Waals surface area contributed by atoms with Crippen molar-refractivity contribution >= 4 is 27.7 Å². The largest absolute Gasteiger partial charge is 0.496 e. The zero-order valence-electron chi connectivity index (χ0n) is 7.92. The minimum absolute atomic E-state index is 0.442. The van der Waals surface area contributed by atoms with Gasteiger partial charge < -0.3 is 10.1 Å². The van der Waals surface area contributed by atoms with E-state index in [0.29, 0.717) is 5.37 Å². The monoisotopic (exact) mass is 273 g/mol. The first-order valence-corrected chi connectivity index (χ1v) is 6.34. The number of nitrogens with one attached hydrogen (secondary N) is 1. The number of benzene rings is 1. The van der Waals surface area contributed by atoms with Crippen molar-refractivity contribution in [3.63, 3.8) is 0 Å². The maximum absolute atomic E-state index is 5.19.